The number of thioether (sulfide) groups is 1. The second kappa shape index (κ2) is 8.25. The van der Waals surface area contributed by atoms with Gasteiger partial charge >= 0.3 is 5.97 Å². The first-order valence-corrected chi connectivity index (χ1v) is 10.7. The van der Waals surface area contributed by atoms with Crippen LogP contribution < -0.4 is 0 Å². The number of nitrogens with zero attached hydrogens (tertiary/aromatic N) is 1. The minimum absolute atomic E-state index is 0.0429. The molecule has 29 heavy (non-hydrogen) atoms. The molecule has 148 valence electrons. The van der Waals surface area contributed by atoms with Gasteiger partial charge in [0.2, 0.25) is 5.69 Å². The number of methoxy groups -OCH3 is 1. The molecule has 2 aromatic carbocycles. The highest BCUT2D eigenvalue weighted by molar-refractivity contribution is 7.98. The summed E-state index contributed by atoms with van der Waals surface area (Å²) in [6.45, 7) is 0. The van der Waals surface area contributed by atoms with Gasteiger partial charge in [0.1, 0.15) is 5.56 Å². The molecule has 0 aliphatic heterocycles. The van der Waals surface area contributed by atoms with Crippen molar-refractivity contribution in [1.29, 1.82) is 0 Å². The highest BCUT2D eigenvalue weighted by atomic mass is 32.2. The van der Waals surface area contributed by atoms with Crippen molar-refractivity contribution in [2.45, 2.75) is 30.1 Å². The topological polar surface area (TPSA) is 69.4 Å². The van der Waals surface area contributed by atoms with E-state index >= 15 is 0 Å². The number of rotatable bonds is 7. The van der Waals surface area contributed by atoms with Gasteiger partial charge in [-0.1, -0.05) is 47.6 Å². The Balaban J connectivity index is 1.76. The van der Waals surface area contributed by atoms with Gasteiger partial charge in [0.25, 0.3) is 0 Å². The summed E-state index contributed by atoms with van der Waals surface area (Å²) < 4.78 is 10.2. The van der Waals surface area contributed by atoms with Crippen molar-refractivity contribution in [2.24, 2.45) is 0 Å². The normalized spacial score (nSPS) is 13.3. The molecule has 1 aliphatic carbocycles. The predicted octanol–water partition coefficient (Wildman–Crippen LogP) is 4.88. The molecule has 1 fully saturated rings. The molecule has 1 heterocycles. The Morgan fingerprint density at radius 2 is 1.79 bits per heavy atom. The van der Waals surface area contributed by atoms with E-state index in [1.165, 1.54) is 12.0 Å². The smallest absolute Gasteiger partial charge is 0.361 e. The summed E-state index contributed by atoms with van der Waals surface area (Å²) in [7, 11) is 1.27. The van der Waals surface area contributed by atoms with E-state index < -0.39 is 5.97 Å². The van der Waals surface area contributed by atoms with E-state index in [0.29, 0.717) is 17.7 Å². The first-order valence-electron chi connectivity index (χ1n) is 9.46. The number of hydrogen-bond donors (Lipinski definition) is 0. The van der Waals surface area contributed by atoms with Crippen LogP contribution in [0.1, 0.15) is 62.1 Å². The Morgan fingerprint density at radius 3 is 2.48 bits per heavy atom. The van der Waals surface area contributed by atoms with Crippen molar-refractivity contribution >= 4 is 23.5 Å². The summed E-state index contributed by atoms with van der Waals surface area (Å²) in [5.41, 5.74) is 2.81. The van der Waals surface area contributed by atoms with Crippen LogP contribution in [-0.4, -0.2) is 30.3 Å². The number of carbonyl (C=O) groups excluding carboxylic acids is 2. The molecular weight excluding hydrogens is 386 g/mol. The minimum Gasteiger partial charge on any atom is -0.464 e. The zero-order chi connectivity index (χ0) is 20.4. The summed E-state index contributed by atoms with van der Waals surface area (Å²) in [5.74, 6) is -0.265. The van der Waals surface area contributed by atoms with Crippen LogP contribution in [0, 0.1) is 0 Å². The highest BCUT2D eigenvalue weighted by Gasteiger charge is 2.37. The van der Waals surface area contributed by atoms with Crippen LogP contribution >= 0.6 is 11.8 Å². The number of aromatic nitrogens is 1. The molecule has 0 atom stereocenters. The van der Waals surface area contributed by atoms with E-state index in [4.69, 9.17) is 9.26 Å². The third kappa shape index (κ3) is 3.85. The Labute approximate surface area is 173 Å². The van der Waals surface area contributed by atoms with Crippen LogP contribution in [0.2, 0.25) is 0 Å². The molecule has 0 spiro atoms. The molecule has 5 nitrogen and oxygen atoms in total. The molecule has 0 amide bonds. The van der Waals surface area contributed by atoms with Gasteiger partial charge in [-0.15, -0.1) is 11.8 Å². The van der Waals surface area contributed by atoms with Crippen molar-refractivity contribution in [3.8, 4) is 0 Å². The first-order chi connectivity index (χ1) is 14.1. The number of ketones is 1. The minimum atomic E-state index is -0.658. The number of hydrogen-bond acceptors (Lipinski definition) is 6. The first kappa shape index (κ1) is 19.5. The fourth-order valence-electron chi connectivity index (χ4n) is 3.47. The summed E-state index contributed by atoms with van der Waals surface area (Å²) in [4.78, 5) is 26.9. The SMILES string of the molecule is COC(=O)c1noc(C2CC2)c1C(=O)c1ccccc1Cc1ccccc1SC. The molecule has 4 rings (SSSR count). The summed E-state index contributed by atoms with van der Waals surface area (Å²) >= 11 is 1.68. The van der Waals surface area contributed by atoms with Gasteiger partial charge in [-0.25, -0.2) is 4.79 Å². The maximum atomic E-state index is 13.6. The monoisotopic (exact) mass is 407 g/mol. The quantitative estimate of drug-likeness (QED) is 0.316. The number of benzene rings is 2. The van der Waals surface area contributed by atoms with Gasteiger partial charge in [-0.05, 0) is 42.7 Å². The average molecular weight is 407 g/mol. The lowest BCUT2D eigenvalue weighted by atomic mass is 9.92. The van der Waals surface area contributed by atoms with Crippen molar-refractivity contribution < 1.29 is 18.8 Å². The second-order valence-corrected chi connectivity index (χ2v) is 7.86. The van der Waals surface area contributed by atoms with Crippen molar-refractivity contribution in [3.63, 3.8) is 0 Å². The number of esters is 1. The molecule has 0 N–H and O–H groups in total. The molecule has 3 aromatic rings. The third-order valence-corrected chi connectivity index (χ3v) is 5.95. The van der Waals surface area contributed by atoms with Crippen LogP contribution in [0.3, 0.4) is 0 Å². The van der Waals surface area contributed by atoms with Crippen LogP contribution in [0.5, 0.6) is 0 Å². The zero-order valence-corrected chi connectivity index (χ0v) is 17.1. The van der Waals surface area contributed by atoms with Gasteiger partial charge in [0.15, 0.2) is 11.5 Å². The molecule has 1 aliphatic rings. The highest BCUT2D eigenvalue weighted by Crippen LogP contribution is 2.43. The molecule has 0 unspecified atom stereocenters. The molecule has 6 heteroatoms. The van der Waals surface area contributed by atoms with Crippen LogP contribution in [-0.2, 0) is 11.2 Å². The van der Waals surface area contributed by atoms with E-state index in [2.05, 4.69) is 17.3 Å². The molecule has 0 radical (unpaired) electrons. The average Bonchev–Trinajstić information content (AvgIpc) is 3.51. The van der Waals surface area contributed by atoms with Gasteiger partial charge in [-0.3, -0.25) is 4.79 Å². The molecule has 1 aromatic heterocycles. The van der Waals surface area contributed by atoms with E-state index in [9.17, 15) is 9.59 Å². The predicted molar refractivity (Wildman–Crippen MR) is 111 cm³/mol. The van der Waals surface area contributed by atoms with Crippen LogP contribution in [0.4, 0.5) is 0 Å². The summed E-state index contributed by atoms with van der Waals surface area (Å²) in [5, 5.41) is 3.86. The van der Waals surface area contributed by atoms with Crippen molar-refractivity contribution in [2.75, 3.05) is 13.4 Å². The lowest BCUT2D eigenvalue weighted by Crippen LogP contribution is -2.13. The van der Waals surface area contributed by atoms with Crippen LogP contribution in [0.25, 0.3) is 0 Å². The van der Waals surface area contributed by atoms with E-state index in [1.807, 2.05) is 36.6 Å². The lowest BCUT2D eigenvalue weighted by molar-refractivity contribution is 0.0586. The van der Waals surface area contributed by atoms with E-state index in [0.717, 1.165) is 24.0 Å². The van der Waals surface area contributed by atoms with Gasteiger partial charge in [0, 0.05) is 16.4 Å². The third-order valence-electron chi connectivity index (χ3n) is 5.11. The fraction of sp³-hybridized carbons (Fsp3) is 0.261. The Morgan fingerprint density at radius 1 is 1.10 bits per heavy atom. The van der Waals surface area contributed by atoms with Gasteiger partial charge in [-0.2, -0.15) is 0 Å². The molecular formula is C23H21NO4S. The van der Waals surface area contributed by atoms with E-state index in [-0.39, 0.29) is 23.0 Å². The maximum absolute atomic E-state index is 13.6. The largest absolute Gasteiger partial charge is 0.464 e. The van der Waals surface area contributed by atoms with Crippen molar-refractivity contribution in [3.05, 3.63) is 82.2 Å². The fourth-order valence-corrected chi connectivity index (χ4v) is 4.08. The number of ether oxygens (including phenoxy) is 1. The standard InChI is InChI=1S/C23H21NO4S/c1-27-23(26)20-19(22(28-24-20)14-11-12-14)21(25)17-9-5-3-7-15(17)13-16-8-4-6-10-18(16)29-2/h3-10,14H,11-13H2,1-2H3. The second-order valence-electron chi connectivity index (χ2n) is 7.01. The number of carbonyl (C=O) groups is 2. The molecule has 0 bridgehead atoms. The van der Waals surface area contributed by atoms with Crippen LogP contribution in [0.15, 0.2) is 57.9 Å². The Bertz CT molecular complexity index is 1070. The van der Waals surface area contributed by atoms with Gasteiger partial charge in [0.05, 0.1) is 7.11 Å². The summed E-state index contributed by atoms with van der Waals surface area (Å²) in [6.07, 6.45) is 4.52. The Kier molecular flexibility index (Phi) is 5.53. The molecule has 1 saturated carbocycles. The lowest BCUT2D eigenvalue weighted by Gasteiger charge is -2.11. The van der Waals surface area contributed by atoms with Gasteiger partial charge < -0.3 is 9.26 Å². The Hall–Kier alpha value is -2.86. The zero-order valence-electron chi connectivity index (χ0n) is 16.3. The van der Waals surface area contributed by atoms with E-state index in [1.54, 1.807) is 17.8 Å². The summed E-state index contributed by atoms with van der Waals surface area (Å²) in [6, 6.07) is 15.7. The maximum Gasteiger partial charge on any atom is 0.361 e. The molecule has 0 saturated heterocycles. The van der Waals surface area contributed by atoms with Crippen molar-refractivity contribution in [1.82, 2.24) is 5.16 Å².